The molecule has 1 saturated heterocycles. The average Bonchev–Trinajstić information content (AvgIpc) is 3.55. The van der Waals surface area contributed by atoms with Crippen LogP contribution in [-0.4, -0.2) is 31.0 Å². The molecule has 35 heavy (non-hydrogen) atoms. The molecule has 7 nitrogen and oxygen atoms in total. The predicted octanol–water partition coefficient (Wildman–Crippen LogP) is 5.62. The first kappa shape index (κ1) is 23.4. The molecule has 3 heterocycles. The summed E-state index contributed by atoms with van der Waals surface area (Å²) in [6.45, 7) is 3.86. The third kappa shape index (κ3) is 5.04. The van der Waals surface area contributed by atoms with Gasteiger partial charge in [-0.15, -0.1) is 0 Å². The van der Waals surface area contributed by atoms with E-state index >= 15 is 0 Å². The summed E-state index contributed by atoms with van der Waals surface area (Å²) in [5.41, 5.74) is 3.31. The minimum atomic E-state index is -3.83. The Bertz CT molecular complexity index is 1340. The van der Waals surface area contributed by atoms with Crippen LogP contribution in [0.25, 0.3) is 11.3 Å². The number of aryl methyl sites for hydroxylation is 1. The molecule has 182 valence electrons. The topological polar surface area (TPSA) is 79.8 Å². The zero-order valence-electron chi connectivity index (χ0n) is 19.8. The summed E-state index contributed by atoms with van der Waals surface area (Å²) in [6, 6.07) is 20.2. The lowest BCUT2D eigenvalue weighted by atomic mass is 10.1. The molecule has 2 aromatic carbocycles. The Morgan fingerprint density at radius 2 is 1.66 bits per heavy atom. The van der Waals surface area contributed by atoms with E-state index in [2.05, 4.69) is 10.1 Å². The molecule has 0 N–H and O–H groups in total. The molecule has 5 rings (SSSR count). The molecule has 0 atom stereocenters. The number of aromatic nitrogens is 1. The van der Waals surface area contributed by atoms with E-state index in [1.807, 2.05) is 49.4 Å². The minimum absolute atomic E-state index is 0.0993. The van der Waals surface area contributed by atoms with Crippen molar-refractivity contribution in [1.29, 1.82) is 0 Å². The molecule has 1 aliphatic rings. The van der Waals surface area contributed by atoms with Crippen LogP contribution in [0.4, 0.5) is 5.88 Å². The highest BCUT2D eigenvalue weighted by atomic mass is 32.2. The van der Waals surface area contributed by atoms with Gasteiger partial charge in [-0.05, 0) is 50.5 Å². The zero-order valence-corrected chi connectivity index (χ0v) is 20.6. The highest BCUT2D eigenvalue weighted by molar-refractivity contribution is 7.89. The van der Waals surface area contributed by atoms with E-state index in [4.69, 9.17) is 8.94 Å². The maximum atomic E-state index is 13.9. The van der Waals surface area contributed by atoms with Crippen LogP contribution in [-0.2, 0) is 23.1 Å². The van der Waals surface area contributed by atoms with Gasteiger partial charge in [0.1, 0.15) is 11.5 Å². The number of hydrogen-bond donors (Lipinski definition) is 0. The van der Waals surface area contributed by atoms with Gasteiger partial charge in [0.15, 0.2) is 0 Å². The maximum Gasteiger partial charge on any atom is 0.243 e. The minimum Gasteiger partial charge on any atom is -0.468 e. The lowest BCUT2D eigenvalue weighted by Crippen LogP contribution is -2.33. The van der Waals surface area contributed by atoms with E-state index in [0.717, 1.165) is 42.6 Å². The van der Waals surface area contributed by atoms with Crippen molar-refractivity contribution in [3.63, 3.8) is 0 Å². The second-order valence-electron chi connectivity index (χ2n) is 8.89. The number of furan rings is 1. The van der Waals surface area contributed by atoms with Gasteiger partial charge in [0, 0.05) is 25.2 Å². The van der Waals surface area contributed by atoms with Crippen molar-refractivity contribution in [2.75, 3.05) is 18.0 Å². The number of benzene rings is 2. The molecular weight excluding hydrogens is 462 g/mol. The monoisotopic (exact) mass is 491 g/mol. The fourth-order valence-electron chi connectivity index (χ4n) is 4.45. The van der Waals surface area contributed by atoms with Gasteiger partial charge in [-0.1, -0.05) is 53.2 Å². The standard InChI is InChI=1S/C27H29N3O4S/c1-21-12-14-24(15-13-21)35(31,32)30(19-23-11-8-18-33-23)20-25-26(22-9-4-2-5-10-22)28-34-27(25)29-16-6-3-7-17-29/h2,4-5,8-15,18H,3,6-7,16-17,19-20H2,1H3. The van der Waals surface area contributed by atoms with Crippen molar-refractivity contribution in [1.82, 2.24) is 9.46 Å². The number of rotatable bonds is 8. The van der Waals surface area contributed by atoms with Gasteiger partial charge in [0.05, 0.1) is 23.3 Å². The van der Waals surface area contributed by atoms with Crippen molar-refractivity contribution >= 4 is 15.9 Å². The normalized spacial score (nSPS) is 14.5. The van der Waals surface area contributed by atoms with E-state index in [0.29, 0.717) is 17.3 Å². The van der Waals surface area contributed by atoms with Crippen LogP contribution in [0.3, 0.4) is 0 Å². The average molecular weight is 492 g/mol. The van der Waals surface area contributed by atoms with Gasteiger partial charge in [0.25, 0.3) is 0 Å². The molecule has 2 aromatic heterocycles. The zero-order chi connectivity index (χ0) is 24.3. The second kappa shape index (κ2) is 10.1. The molecular formula is C27H29N3O4S. The van der Waals surface area contributed by atoms with Crippen LogP contribution >= 0.6 is 0 Å². The van der Waals surface area contributed by atoms with Crippen molar-refractivity contribution in [3.05, 3.63) is 89.9 Å². The number of piperidine rings is 1. The fraction of sp³-hybridized carbons (Fsp3) is 0.296. The van der Waals surface area contributed by atoms with Crippen molar-refractivity contribution in [3.8, 4) is 11.3 Å². The highest BCUT2D eigenvalue weighted by Crippen LogP contribution is 2.35. The number of anilines is 1. The number of hydrogen-bond acceptors (Lipinski definition) is 6. The SMILES string of the molecule is Cc1ccc(S(=O)(=O)N(Cc2ccco2)Cc2c(-c3ccccc3)noc2N2CCCCC2)cc1. The third-order valence-electron chi connectivity index (χ3n) is 6.36. The van der Waals surface area contributed by atoms with Crippen LogP contribution in [0, 0.1) is 6.92 Å². The molecule has 0 bridgehead atoms. The Morgan fingerprint density at radius 3 is 2.34 bits per heavy atom. The summed E-state index contributed by atoms with van der Waals surface area (Å²) in [6.07, 6.45) is 4.87. The Balaban J connectivity index is 1.59. The van der Waals surface area contributed by atoms with Crippen LogP contribution < -0.4 is 4.90 Å². The first-order valence-electron chi connectivity index (χ1n) is 11.9. The quantitative estimate of drug-likeness (QED) is 0.318. The van der Waals surface area contributed by atoms with Crippen molar-refractivity contribution in [2.24, 2.45) is 0 Å². The maximum absolute atomic E-state index is 13.9. The van der Waals surface area contributed by atoms with Crippen LogP contribution in [0.1, 0.15) is 36.1 Å². The van der Waals surface area contributed by atoms with Crippen molar-refractivity contribution in [2.45, 2.75) is 44.2 Å². The summed E-state index contributed by atoms with van der Waals surface area (Å²) >= 11 is 0. The Hall–Kier alpha value is -3.36. The molecule has 1 aliphatic heterocycles. The molecule has 4 aromatic rings. The molecule has 8 heteroatoms. The van der Waals surface area contributed by atoms with Gasteiger partial charge in [-0.3, -0.25) is 0 Å². The summed E-state index contributed by atoms with van der Waals surface area (Å²) in [4.78, 5) is 2.42. The van der Waals surface area contributed by atoms with Crippen LogP contribution in [0.5, 0.6) is 0 Å². The van der Waals surface area contributed by atoms with E-state index in [-0.39, 0.29) is 18.0 Å². The van der Waals surface area contributed by atoms with Gasteiger partial charge in [0.2, 0.25) is 15.9 Å². The Morgan fingerprint density at radius 1 is 0.914 bits per heavy atom. The van der Waals surface area contributed by atoms with Gasteiger partial charge < -0.3 is 13.8 Å². The van der Waals surface area contributed by atoms with Crippen LogP contribution in [0.15, 0.2) is 86.8 Å². The molecule has 0 unspecified atom stereocenters. The molecule has 0 amide bonds. The molecule has 0 saturated carbocycles. The first-order chi connectivity index (χ1) is 17.0. The second-order valence-corrected chi connectivity index (χ2v) is 10.8. The van der Waals surface area contributed by atoms with Crippen LogP contribution in [0.2, 0.25) is 0 Å². The first-order valence-corrected chi connectivity index (χ1v) is 13.3. The Kier molecular flexibility index (Phi) is 6.74. The number of nitrogens with zero attached hydrogens (tertiary/aromatic N) is 3. The van der Waals surface area contributed by atoms with E-state index in [9.17, 15) is 8.42 Å². The van der Waals surface area contributed by atoms with E-state index in [1.165, 1.54) is 10.7 Å². The molecule has 0 aliphatic carbocycles. The van der Waals surface area contributed by atoms with Gasteiger partial charge in [-0.25, -0.2) is 8.42 Å². The predicted molar refractivity (Wildman–Crippen MR) is 134 cm³/mol. The lowest BCUT2D eigenvalue weighted by Gasteiger charge is -2.28. The van der Waals surface area contributed by atoms with E-state index < -0.39 is 10.0 Å². The van der Waals surface area contributed by atoms with Gasteiger partial charge >= 0.3 is 0 Å². The third-order valence-corrected chi connectivity index (χ3v) is 8.17. The lowest BCUT2D eigenvalue weighted by molar-refractivity contribution is 0.356. The number of sulfonamides is 1. The largest absolute Gasteiger partial charge is 0.468 e. The fourth-order valence-corrected chi connectivity index (χ4v) is 5.82. The van der Waals surface area contributed by atoms with Crippen molar-refractivity contribution < 1.29 is 17.4 Å². The van der Waals surface area contributed by atoms with E-state index in [1.54, 1.807) is 30.5 Å². The van der Waals surface area contributed by atoms with Gasteiger partial charge in [-0.2, -0.15) is 4.31 Å². The molecule has 0 spiro atoms. The highest BCUT2D eigenvalue weighted by Gasteiger charge is 2.31. The summed E-state index contributed by atoms with van der Waals surface area (Å²) in [7, 11) is -3.83. The summed E-state index contributed by atoms with van der Waals surface area (Å²) < 4.78 is 40.6. The summed E-state index contributed by atoms with van der Waals surface area (Å²) in [5, 5.41) is 4.42. The Labute approximate surface area is 206 Å². The molecule has 1 fully saturated rings. The molecule has 0 radical (unpaired) electrons. The smallest absolute Gasteiger partial charge is 0.243 e. The summed E-state index contributed by atoms with van der Waals surface area (Å²) in [5.74, 6) is 1.21.